The van der Waals surface area contributed by atoms with E-state index >= 15 is 0 Å². The van der Waals surface area contributed by atoms with Crippen LogP contribution < -0.4 is 4.90 Å². The lowest BCUT2D eigenvalue weighted by Gasteiger charge is -2.23. The van der Waals surface area contributed by atoms with Crippen LogP contribution in [0.25, 0.3) is 11.1 Å². The van der Waals surface area contributed by atoms with Gasteiger partial charge in [0.25, 0.3) is 5.91 Å². The summed E-state index contributed by atoms with van der Waals surface area (Å²) in [5.41, 5.74) is 7.71. The fraction of sp³-hybridized carbons (Fsp3) is 0.0333. The highest BCUT2D eigenvalue weighted by molar-refractivity contribution is 6.32. The molecule has 2 nitrogen and oxygen atoms in total. The smallest absolute Gasteiger partial charge is 0.263 e. The lowest BCUT2D eigenvalue weighted by molar-refractivity contribution is -0.112. The van der Waals surface area contributed by atoms with Crippen LogP contribution in [0.3, 0.4) is 0 Å². The van der Waals surface area contributed by atoms with Crippen LogP contribution >= 0.6 is 0 Å². The van der Waals surface area contributed by atoms with Crippen molar-refractivity contribution in [3.8, 4) is 0 Å². The SMILES string of the molecule is Cc1ccc(N2C(=O)C(c3ccccc3)=CC2=C(c2ccccc2)c2ccccc2)cc1. The summed E-state index contributed by atoms with van der Waals surface area (Å²) < 4.78 is 0. The summed E-state index contributed by atoms with van der Waals surface area (Å²) in [5, 5.41) is 0. The third-order valence-corrected chi connectivity index (χ3v) is 5.71. The molecule has 0 spiro atoms. The maximum atomic E-state index is 13.8. The molecule has 0 N–H and O–H groups in total. The Morgan fingerprint density at radius 2 is 1.12 bits per heavy atom. The Bertz CT molecular complexity index is 1260. The molecule has 154 valence electrons. The van der Waals surface area contributed by atoms with Gasteiger partial charge in [-0.25, -0.2) is 0 Å². The second-order valence-corrected chi connectivity index (χ2v) is 7.89. The van der Waals surface area contributed by atoms with Crippen molar-refractivity contribution < 1.29 is 4.79 Å². The quantitative estimate of drug-likeness (QED) is 0.357. The summed E-state index contributed by atoms with van der Waals surface area (Å²) >= 11 is 0. The third kappa shape index (κ3) is 3.67. The van der Waals surface area contributed by atoms with Gasteiger partial charge in [0.1, 0.15) is 0 Å². The van der Waals surface area contributed by atoms with Crippen molar-refractivity contribution in [2.24, 2.45) is 0 Å². The Morgan fingerprint density at radius 3 is 1.66 bits per heavy atom. The van der Waals surface area contributed by atoms with Crippen LogP contribution in [0.1, 0.15) is 22.3 Å². The maximum Gasteiger partial charge on any atom is 0.263 e. The highest BCUT2D eigenvalue weighted by atomic mass is 16.2. The second-order valence-electron chi connectivity index (χ2n) is 7.89. The van der Waals surface area contributed by atoms with Crippen molar-refractivity contribution in [3.63, 3.8) is 0 Å². The molecule has 0 saturated heterocycles. The Balaban J connectivity index is 1.80. The molecule has 0 atom stereocenters. The number of hydrogen-bond donors (Lipinski definition) is 0. The molecule has 0 fully saturated rings. The molecule has 0 radical (unpaired) electrons. The van der Waals surface area contributed by atoms with Crippen LogP contribution in [0.4, 0.5) is 5.69 Å². The van der Waals surface area contributed by atoms with Crippen molar-refractivity contribution in [3.05, 3.63) is 149 Å². The van der Waals surface area contributed by atoms with E-state index in [1.165, 1.54) is 0 Å². The van der Waals surface area contributed by atoms with Gasteiger partial charge in [-0.15, -0.1) is 0 Å². The summed E-state index contributed by atoms with van der Waals surface area (Å²) in [6, 6.07) is 38.6. The zero-order valence-electron chi connectivity index (χ0n) is 17.9. The topological polar surface area (TPSA) is 20.3 Å². The standard InChI is InChI=1S/C30H23NO/c1-22-17-19-26(20-18-22)31-28(21-27(30(31)32)23-11-5-2-6-12-23)29(24-13-7-3-8-14-24)25-15-9-4-10-16-25/h2-21H,1H3. The van der Waals surface area contributed by atoms with E-state index in [1.807, 2.05) is 102 Å². The van der Waals surface area contributed by atoms with E-state index in [1.54, 1.807) is 0 Å². The van der Waals surface area contributed by atoms with Crippen LogP contribution in [0.5, 0.6) is 0 Å². The minimum Gasteiger partial charge on any atom is -0.276 e. The summed E-state index contributed by atoms with van der Waals surface area (Å²) in [7, 11) is 0. The van der Waals surface area contributed by atoms with E-state index in [0.29, 0.717) is 5.57 Å². The van der Waals surface area contributed by atoms with Gasteiger partial charge in [-0.2, -0.15) is 0 Å². The maximum absolute atomic E-state index is 13.8. The summed E-state index contributed by atoms with van der Waals surface area (Å²) in [5.74, 6) is -0.0144. The fourth-order valence-corrected chi connectivity index (χ4v) is 4.12. The molecule has 1 aliphatic rings. The predicted molar refractivity (Wildman–Crippen MR) is 132 cm³/mol. The second kappa shape index (κ2) is 8.52. The molecule has 0 saturated carbocycles. The molecule has 0 aromatic heterocycles. The van der Waals surface area contributed by atoms with E-state index in [-0.39, 0.29) is 5.91 Å². The molecule has 32 heavy (non-hydrogen) atoms. The van der Waals surface area contributed by atoms with E-state index in [0.717, 1.165) is 39.2 Å². The van der Waals surface area contributed by atoms with Gasteiger partial charge < -0.3 is 0 Å². The fourth-order valence-electron chi connectivity index (χ4n) is 4.12. The van der Waals surface area contributed by atoms with Gasteiger partial charge in [0, 0.05) is 16.8 Å². The minimum absolute atomic E-state index is 0.0144. The normalized spacial score (nSPS) is 13.3. The first-order valence-corrected chi connectivity index (χ1v) is 10.8. The van der Waals surface area contributed by atoms with Crippen molar-refractivity contribution in [1.29, 1.82) is 0 Å². The monoisotopic (exact) mass is 413 g/mol. The number of nitrogens with zero attached hydrogens (tertiary/aromatic N) is 1. The first-order chi connectivity index (χ1) is 15.7. The molecule has 0 unspecified atom stereocenters. The molecule has 1 amide bonds. The first kappa shape index (κ1) is 19.8. The number of carbonyl (C=O) groups is 1. The average Bonchev–Trinajstić information content (AvgIpc) is 3.18. The van der Waals surface area contributed by atoms with Crippen molar-refractivity contribution in [1.82, 2.24) is 0 Å². The van der Waals surface area contributed by atoms with Gasteiger partial charge in [0.15, 0.2) is 0 Å². The summed E-state index contributed by atoms with van der Waals surface area (Å²) in [6.45, 7) is 2.05. The number of carbonyl (C=O) groups excluding carboxylic acids is 1. The first-order valence-electron chi connectivity index (χ1n) is 10.8. The van der Waals surface area contributed by atoms with Crippen LogP contribution in [-0.2, 0) is 4.79 Å². The predicted octanol–water partition coefficient (Wildman–Crippen LogP) is 6.88. The molecule has 1 heterocycles. The Kier molecular flexibility index (Phi) is 5.27. The third-order valence-electron chi connectivity index (χ3n) is 5.71. The Hall–Kier alpha value is -4.17. The molecule has 4 aromatic carbocycles. The van der Waals surface area contributed by atoms with Crippen LogP contribution in [0, 0.1) is 6.92 Å². The van der Waals surface area contributed by atoms with Gasteiger partial charge in [0.05, 0.1) is 5.70 Å². The van der Waals surface area contributed by atoms with Gasteiger partial charge >= 0.3 is 0 Å². The lowest BCUT2D eigenvalue weighted by atomic mass is 9.95. The number of benzene rings is 4. The van der Waals surface area contributed by atoms with Crippen molar-refractivity contribution in [2.75, 3.05) is 4.90 Å². The van der Waals surface area contributed by atoms with E-state index in [9.17, 15) is 4.79 Å². The summed E-state index contributed by atoms with van der Waals surface area (Å²) in [4.78, 5) is 15.6. The molecule has 2 heteroatoms. The van der Waals surface area contributed by atoms with E-state index in [4.69, 9.17) is 0 Å². The number of hydrogen-bond acceptors (Lipinski definition) is 1. The van der Waals surface area contributed by atoms with Crippen LogP contribution in [0.2, 0.25) is 0 Å². The Labute approximate surface area is 188 Å². The van der Waals surface area contributed by atoms with E-state index in [2.05, 4.69) is 31.2 Å². The van der Waals surface area contributed by atoms with Gasteiger partial charge in [0.2, 0.25) is 0 Å². The Morgan fingerprint density at radius 1 is 0.625 bits per heavy atom. The largest absolute Gasteiger partial charge is 0.276 e. The lowest BCUT2D eigenvalue weighted by Crippen LogP contribution is -2.26. The zero-order chi connectivity index (χ0) is 21.9. The molecule has 0 bridgehead atoms. The minimum atomic E-state index is -0.0144. The number of rotatable bonds is 4. The van der Waals surface area contributed by atoms with Gasteiger partial charge in [-0.05, 0) is 41.8 Å². The van der Waals surface area contributed by atoms with Crippen LogP contribution in [0.15, 0.2) is 127 Å². The average molecular weight is 414 g/mol. The molecule has 5 rings (SSSR count). The van der Waals surface area contributed by atoms with Crippen LogP contribution in [-0.4, -0.2) is 5.91 Å². The molecule has 4 aromatic rings. The van der Waals surface area contributed by atoms with Gasteiger partial charge in [-0.3, -0.25) is 9.69 Å². The number of amides is 1. The number of allylic oxidation sites excluding steroid dienone is 1. The number of anilines is 1. The molecule has 1 aliphatic heterocycles. The highest BCUT2D eigenvalue weighted by Gasteiger charge is 2.33. The molecular weight excluding hydrogens is 390 g/mol. The molecule has 0 aliphatic carbocycles. The van der Waals surface area contributed by atoms with Crippen molar-refractivity contribution >= 4 is 22.7 Å². The summed E-state index contributed by atoms with van der Waals surface area (Å²) in [6.07, 6.45) is 2.03. The van der Waals surface area contributed by atoms with E-state index < -0.39 is 0 Å². The van der Waals surface area contributed by atoms with Crippen molar-refractivity contribution in [2.45, 2.75) is 6.92 Å². The number of aryl methyl sites for hydroxylation is 1. The molecular formula is C30H23NO. The zero-order valence-corrected chi connectivity index (χ0v) is 17.9. The highest BCUT2D eigenvalue weighted by Crippen LogP contribution is 2.39. The van der Waals surface area contributed by atoms with Gasteiger partial charge in [-0.1, -0.05) is 109 Å².